The molecule has 1 heterocycles. The van der Waals surface area contributed by atoms with Crippen LogP contribution in [0.1, 0.15) is 36.8 Å². The zero-order valence-electron chi connectivity index (χ0n) is 15.2. The van der Waals surface area contributed by atoms with E-state index in [0.29, 0.717) is 5.92 Å². The van der Waals surface area contributed by atoms with E-state index in [2.05, 4.69) is 53.6 Å². The molecule has 0 amide bonds. The summed E-state index contributed by atoms with van der Waals surface area (Å²) in [5.41, 5.74) is 5.00. The van der Waals surface area contributed by atoms with Crippen molar-refractivity contribution < 1.29 is 0 Å². The van der Waals surface area contributed by atoms with Crippen LogP contribution in [0.15, 0.2) is 73.1 Å². The van der Waals surface area contributed by atoms with Crippen molar-refractivity contribution in [3.63, 3.8) is 0 Å². The Bertz CT molecular complexity index is 783. The Kier molecular flexibility index (Phi) is 6.82. The van der Waals surface area contributed by atoms with Crippen molar-refractivity contribution in [1.29, 1.82) is 0 Å². The van der Waals surface area contributed by atoms with Gasteiger partial charge in [-0.15, -0.1) is 0 Å². The molecule has 0 saturated heterocycles. The van der Waals surface area contributed by atoms with Gasteiger partial charge in [0.15, 0.2) is 0 Å². The largest absolute Gasteiger partial charge is 0.316 e. The van der Waals surface area contributed by atoms with Crippen LogP contribution < -0.4 is 5.32 Å². The monoisotopic (exact) mass is 364 g/mol. The summed E-state index contributed by atoms with van der Waals surface area (Å²) in [7, 11) is 0. The zero-order valence-corrected chi connectivity index (χ0v) is 15.9. The highest BCUT2D eigenvalue weighted by molar-refractivity contribution is 6.30. The van der Waals surface area contributed by atoms with E-state index in [4.69, 9.17) is 11.6 Å². The second kappa shape index (κ2) is 9.51. The number of hydrogen-bond acceptors (Lipinski definition) is 2. The van der Waals surface area contributed by atoms with E-state index in [1.807, 2.05) is 36.7 Å². The number of pyridine rings is 1. The summed E-state index contributed by atoms with van der Waals surface area (Å²) >= 11 is 6.08. The molecule has 3 rings (SSSR count). The highest BCUT2D eigenvalue weighted by Crippen LogP contribution is 2.28. The minimum atomic E-state index is 0.315. The van der Waals surface area contributed by atoms with Crippen LogP contribution in [0.3, 0.4) is 0 Å². The fraction of sp³-hybridized carbons (Fsp3) is 0.261. The molecule has 0 radical (unpaired) electrons. The Labute approximate surface area is 161 Å². The molecule has 3 heteroatoms. The van der Waals surface area contributed by atoms with Gasteiger partial charge in [-0.2, -0.15) is 0 Å². The third-order valence-electron chi connectivity index (χ3n) is 4.65. The van der Waals surface area contributed by atoms with Crippen LogP contribution >= 0.6 is 11.6 Å². The molecule has 3 aromatic rings. The predicted octanol–water partition coefficient (Wildman–Crippen LogP) is 5.92. The van der Waals surface area contributed by atoms with E-state index in [0.717, 1.165) is 18.1 Å². The lowest BCUT2D eigenvalue weighted by Crippen LogP contribution is -2.23. The van der Waals surface area contributed by atoms with E-state index in [1.165, 1.54) is 35.1 Å². The Morgan fingerprint density at radius 1 is 0.846 bits per heavy atom. The normalized spacial score (nSPS) is 12.1. The average Bonchev–Trinajstić information content (AvgIpc) is 2.70. The van der Waals surface area contributed by atoms with E-state index in [9.17, 15) is 0 Å². The number of aromatic nitrogens is 1. The molecule has 2 aromatic carbocycles. The van der Waals surface area contributed by atoms with Gasteiger partial charge in [0.2, 0.25) is 0 Å². The summed E-state index contributed by atoms with van der Waals surface area (Å²) < 4.78 is 0. The first-order valence-corrected chi connectivity index (χ1v) is 9.62. The molecule has 0 spiro atoms. The zero-order chi connectivity index (χ0) is 18.2. The molecule has 0 bridgehead atoms. The first kappa shape index (κ1) is 18.6. The van der Waals surface area contributed by atoms with Crippen molar-refractivity contribution >= 4 is 11.6 Å². The first-order valence-electron chi connectivity index (χ1n) is 9.24. The van der Waals surface area contributed by atoms with Gasteiger partial charge in [-0.05, 0) is 59.5 Å². The molecule has 1 atom stereocenters. The molecule has 134 valence electrons. The molecule has 1 aromatic heterocycles. The Hall–Kier alpha value is -2.16. The molecule has 1 unspecified atom stereocenters. The lowest BCUT2D eigenvalue weighted by molar-refractivity contribution is 0.607. The van der Waals surface area contributed by atoms with Crippen LogP contribution in [0, 0.1) is 0 Å². The van der Waals surface area contributed by atoms with Crippen LogP contribution in [0.2, 0.25) is 5.02 Å². The van der Waals surface area contributed by atoms with Crippen LogP contribution in [0.25, 0.3) is 11.1 Å². The van der Waals surface area contributed by atoms with Gasteiger partial charge >= 0.3 is 0 Å². The molecule has 0 saturated carbocycles. The van der Waals surface area contributed by atoms with Gasteiger partial charge in [0.05, 0.1) is 0 Å². The summed E-state index contributed by atoms with van der Waals surface area (Å²) in [5, 5.41) is 4.38. The summed E-state index contributed by atoms with van der Waals surface area (Å²) in [4.78, 5) is 4.09. The molecular formula is C23H25ClN2. The molecule has 0 aliphatic rings. The van der Waals surface area contributed by atoms with Gasteiger partial charge < -0.3 is 5.32 Å². The van der Waals surface area contributed by atoms with Crippen molar-refractivity contribution in [2.45, 2.75) is 25.7 Å². The van der Waals surface area contributed by atoms with Gasteiger partial charge in [-0.25, -0.2) is 0 Å². The topological polar surface area (TPSA) is 24.9 Å². The van der Waals surface area contributed by atoms with Gasteiger partial charge in [0.1, 0.15) is 0 Å². The van der Waals surface area contributed by atoms with E-state index >= 15 is 0 Å². The number of nitrogens with one attached hydrogen (secondary N) is 1. The molecule has 26 heavy (non-hydrogen) atoms. The van der Waals surface area contributed by atoms with Crippen LogP contribution in [0.5, 0.6) is 0 Å². The quantitative estimate of drug-likeness (QED) is 0.501. The summed E-state index contributed by atoms with van der Waals surface area (Å²) in [6, 6.07) is 21.1. The first-order chi connectivity index (χ1) is 12.8. The number of benzene rings is 2. The lowest BCUT2D eigenvalue weighted by atomic mass is 9.90. The van der Waals surface area contributed by atoms with Crippen molar-refractivity contribution in [3.05, 3.63) is 89.2 Å². The van der Waals surface area contributed by atoms with Crippen molar-refractivity contribution in [1.82, 2.24) is 10.3 Å². The SMILES string of the molecule is CCCCNCC(c1ccc(Cl)cc1)c1ccc(-c2ccncc2)cc1. The maximum Gasteiger partial charge on any atom is 0.0406 e. The van der Waals surface area contributed by atoms with E-state index < -0.39 is 0 Å². The van der Waals surface area contributed by atoms with Crippen molar-refractivity contribution in [3.8, 4) is 11.1 Å². The standard InChI is InChI=1S/C23H25ClN2/c1-2-3-14-26-17-23(21-8-10-22(24)11-9-21)20-6-4-18(5-7-20)19-12-15-25-16-13-19/h4-13,15-16,23,26H,2-3,14,17H2,1H3. The Morgan fingerprint density at radius 3 is 2.04 bits per heavy atom. The maximum atomic E-state index is 6.08. The maximum absolute atomic E-state index is 6.08. The minimum absolute atomic E-state index is 0.315. The van der Waals surface area contributed by atoms with E-state index in [-0.39, 0.29) is 0 Å². The third kappa shape index (κ3) is 4.94. The molecular weight excluding hydrogens is 340 g/mol. The molecule has 1 N–H and O–H groups in total. The lowest BCUT2D eigenvalue weighted by Gasteiger charge is -2.19. The van der Waals surface area contributed by atoms with Crippen LogP contribution in [0.4, 0.5) is 0 Å². The van der Waals surface area contributed by atoms with Crippen molar-refractivity contribution in [2.75, 3.05) is 13.1 Å². The second-order valence-electron chi connectivity index (χ2n) is 6.52. The number of rotatable bonds is 8. The van der Waals surface area contributed by atoms with Gasteiger partial charge in [0, 0.05) is 29.9 Å². The van der Waals surface area contributed by atoms with Gasteiger partial charge in [-0.1, -0.05) is 61.3 Å². The Balaban J connectivity index is 1.82. The number of hydrogen-bond donors (Lipinski definition) is 1. The summed E-state index contributed by atoms with van der Waals surface area (Å²) in [6.07, 6.45) is 6.07. The van der Waals surface area contributed by atoms with Gasteiger partial charge in [0.25, 0.3) is 0 Å². The fourth-order valence-electron chi connectivity index (χ4n) is 3.12. The van der Waals surface area contributed by atoms with Gasteiger partial charge in [-0.3, -0.25) is 4.98 Å². The molecule has 0 fully saturated rings. The van der Waals surface area contributed by atoms with Crippen LogP contribution in [-0.2, 0) is 0 Å². The molecule has 0 aliphatic heterocycles. The van der Waals surface area contributed by atoms with Crippen LogP contribution in [-0.4, -0.2) is 18.1 Å². The minimum Gasteiger partial charge on any atom is -0.316 e. The second-order valence-corrected chi connectivity index (χ2v) is 6.96. The average molecular weight is 365 g/mol. The fourth-order valence-corrected chi connectivity index (χ4v) is 3.25. The molecule has 2 nitrogen and oxygen atoms in total. The number of unbranched alkanes of at least 4 members (excludes halogenated alkanes) is 1. The summed E-state index contributed by atoms with van der Waals surface area (Å²) in [5.74, 6) is 0.315. The summed E-state index contributed by atoms with van der Waals surface area (Å²) in [6.45, 7) is 4.20. The molecule has 0 aliphatic carbocycles. The Morgan fingerprint density at radius 2 is 1.42 bits per heavy atom. The highest BCUT2D eigenvalue weighted by atomic mass is 35.5. The third-order valence-corrected chi connectivity index (χ3v) is 4.91. The van der Waals surface area contributed by atoms with E-state index in [1.54, 1.807) is 0 Å². The predicted molar refractivity (Wildman–Crippen MR) is 111 cm³/mol. The van der Waals surface area contributed by atoms with Crippen molar-refractivity contribution in [2.24, 2.45) is 0 Å². The number of nitrogens with zero attached hydrogens (tertiary/aromatic N) is 1. The highest BCUT2D eigenvalue weighted by Gasteiger charge is 2.14. The number of halogens is 1. The smallest absolute Gasteiger partial charge is 0.0406 e.